The molecule has 0 amide bonds. The highest BCUT2D eigenvalue weighted by atomic mass is 15.4. The summed E-state index contributed by atoms with van der Waals surface area (Å²) in [6.45, 7) is 5.06. The van der Waals surface area contributed by atoms with E-state index in [1.165, 1.54) is 0 Å². The smallest absolute Gasteiger partial charge is 0.225 e. The monoisotopic (exact) mass is 332 g/mol. The molecule has 126 valence electrons. The number of pyridine rings is 1. The van der Waals surface area contributed by atoms with Crippen LogP contribution in [0, 0.1) is 0 Å². The van der Waals surface area contributed by atoms with Gasteiger partial charge < -0.3 is 10.2 Å². The van der Waals surface area contributed by atoms with Crippen molar-refractivity contribution in [1.29, 1.82) is 0 Å². The third-order valence-electron chi connectivity index (χ3n) is 5.11. The van der Waals surface area contributed by atoms with Crippen molar-refractivity contribution >= 4 is 16.9 Å². The Hall–Kier alpha value is -2.57. The molecule has 0 bridgehead atoms. The van der Waals surface area contributed by atoms with Crippen LogP contribution in [0.2, 0.25) is 0 Å². The van der Waals surface area contributed by atoms with E-state index in [-0.39, 0.29) is 0 Å². The number of nitrogens with one attached hydrogen (secondary N) is 1. The SMILES string of the molecule is c1ccc2ncc(-c3ccnc(N4CCN5CNCC5C4)n3)cc2c1. The second-order valence-electron chi connectivity index (χ2n) is 6.68. The minimum Gasteiger partial charge on any atom is -0.338 e. The lowest BCUT2D eigenvalue weighted by atomic mass is 10.1. The molecule has 2 fully saturated rings. The van der Waals surface area contributed by atoms with E-state index in [4.69, 9.17) is 4.98 Å². The average molecular weight is 332 g/mol. The molecule has 25 heavy (non-hydrogen) atoms. The number of benzene rings is 1. The van der Waals surface area contributed by atoms with Crippen LogP contribution in [0.25, 0.3) is 22.2 Å². The van der Waals surface area contributed by atoms with Crippen LogP contribution in [-0.2, 0) is 0 Å². The molecule has 0 radical (unpaired) electrons. The molecular weight excluding hydrogens is 312 g/mol. The molecule has 1 N–H and O–H groups in total. The van der Waals surface area contributed by atoms with Gasteiger partial charge in [-0.3, -0.25) is 9.88 Å². The Morgan fingerprint density at radius 1 is 1.08 bits per heavy atom. The summed E-state index contributed by atoms with van der Waals surface area (Å²) in [6, 6.07) is 12.8. The van der Waals surface area contributed by atoms with Gasteiger partial charge in [0.05, 0.1) is 11.2 Å². The Balaban J connectivity index is 1.45. The molecule has 6 nitrogen and oxygen atoms in total. The second kappa shape index (κ2) is 6.06. The number of para-hydroxylation sites is 1. The van der Waals surface area contributed by atoms with Crippen LogP contribution in [0.5, 0.6) is 0 Å². The van der Waals surface area contributed by atoms with E-state index in [2.05, 4.69) is 37.2 Å². The van der Waals surface area contributed by atoms with Gasteiger partial charge in [-0.05, 0) is 18.2 Å². The van der Waals surface area contributed by atoms with Crippen molar-refractivity contribution < 1.29 is 0 Å². The largest absolute Gasteiger partial charge is 0.338 e. The van der Waals surface area contributed by atoms with Crippen molar-refractivity contribution in [2.45, 2.75) is 6.04 Å². The fourth-order valence-corrected chi connectivity index (χ4v) is 3.72. The zero-order valence-electron chi connectivity index (χ0n) is 14.0. The quantitative estimate of drug-likeness (QED) is 0.771. The first-order valence-corrected chi connectivity index (χ1v) is 8.75. The standard InChI is InChI=1S/C19H20N6/c1-2-4-17-14(3-1)9-15(10-22-17)18-5-6-21-19(23-18)24-7-8-25-13-20-11-16(25)12-24/h1-6,9-10,16,20H,7-8,11-13H2. The molecule has 1 aromatic carbocycles. The molecular formula is C19H20N6. The van der Waals surface area contributed by atoms with Crippen LogP contribution in [0.4, 0.5) is 5.95 Å². The lowest BCUT2D eigenvalue weighted by Crippen LogP contribution is -2.51. The third-order valence-corrected chi connectivity index (χ3v) is 5.11. The van der Waals surface area contributed by atoms with E-state index in [1.54, 1.807) is 0 Å². The number of hydrogen-bond acceptors (Lipinski definition) is 6. The van der Waals surface area contributed by atoms with Gasteiger partial charge in [0, 0.05) is 62.2 Å². The van der Waals surface area contributed by atoms with Gasteiger partial charge in [-0.15, -0.1) is 0 Å². The van der Waals surface area contributed by atoms with Crippen molar-refractivity contribution in [3.05, 3.63) is 48.8 Å². The molecule has 0 spiro atoms. The van der Waals surface area contributed by atoms with Gasteiger partial charge in [0.2, 0.25) is 5.95 Å². The van der Waals surface area contributed by atoms with E-state index in [0.29, 0.717) is 6.04 Å². The molecule has 5 rings (SSSR count). The third kappa shape index (κ3) is 2.73. The Labute approximate surface area is 146 Å². The predicted molar refractivity (Wildman–Crippen MR) is 98.3 cm³/mol. The first kappa shape index (κ1) is 14.7. The van der Waals surface area contributed by atoms with Crippen LogP contribution in [-0.4, -0.2) is 58.7 Å². The van der Waals surface area contributed by atoms with Crippen LogP contribution in [0.1, 0.15) is 0 Å². The molecule has 1 atom stereocenters. The Bertz CT molecular complexity index is 911. The zero-order valence-corrected chi connectivity index (χ0v) is 14.0. The predicted octanol–water partition coefficient (Wildman–Crippen LogP) is 1.74. The van der Waals surface area contributed by atoms with Crippen LogP contribution in [0.15, 0.2) is 48.8 Å². The van der Waals surface area contributed by atoms with E-state index in [9.17, 15) is 0 Å². The molecule has 0 aliphatic carbocycles. The fraction of sp³-hybridized carbons (Fsp3) is 0.316. The lowest BCUT2D eigenvalue weighted by molar-refractivity contribution is 0.234. The van der Waals surface area contributed by atoms with E-state index >= 15 is 0 Å². The van der Waals surface area contributed by atoms with Crippen LogP contribution in [0.3, 0.4) is 0 Å². The fourth-order valence-electron chi connectivity index (χ4n) is 3.72. The zero-order chi connectivity index (χ0) is 16.6. The molecule has 4 heterocycles. The molecule has 6 heteroatoms. The molecule has 2 aliphatic heterocycles. The van der Waals surface area contributed by atoms with Gasteiger partial charge in [0.15, 0.2) is 0 Å². The number of rotatable bonds is 2. The topological polar surface area (TPSA) is 57.2 Å². The number of hydrogen-bond donors (Lipinski definition) is 1. The van der Waals surface area contributed by atoms with Crippen molar-refractivity contribution in [2.24, 2.45) is 0 Å². The molecule has 2 saturated heterocycles. The summed E-state index contributed by atoms with van der Waals surface area (Å²) in [6.07, 6.45) is 3.75. The maximum Gasteiger partial charge on any atom is 0.225 e. The first-order valence-electron chi connectivity index (χ1n) is 8.75. The summed E-state index contributed by atoms with van der Waals surface area (Å²) in [5, 5.41) is 4.57. The van der Waals surface area contributed by atoms with Crippen molar-refractivity contribution in [3.8, 4) is 11.3 Å². The minimum atomic E-state index is 0.559. The van der Waals surface area contributed by atoms with Gasteiger partial charge in [-0.2, -0.15) is 0 Å². The average Bonchev–Trinajstić information content (AvgIpc) is 3.15. The van der Waals surface area contributed by atoms with Crippen molar-refractivity contribution in [3.63, 3.8) is 0 Å². The van der Waals surface area contributed by atoms with Crippen LogP contribution >= 0.6 is 0 Å². The molecule has 2 aliphatic rings. The Morgan fingerprint density at radius 2 is 2.04 bits per heavy atom. The second-order valence-corrected chi connectivity index (χ2v) is 6.68. The summed E-state index contributed by atoms with van der Waals surface area (Å²) in [5.74, 6) is 0.817. The van der Waals surface area contributed by atoms with Gasteiger partial charge >= 0.3 is 0 Å². The summed E-state index contributed by atoms with van der Waals surface area (Å²) >= 11 is 0. The molecule has 3 aromatic rings. The number of aromatic nitrogens is 3. The Morgan fingerprint density at radius 3 is 3.04 bits per heavy atom. The lowest BCUT2D eigenvalue weighted by Gasteiger charge is -2.36. The van der Waals surface area contributed by atoms with E-state index in [1.807, 2.05) is 36.7 Å². The maximum atomic E-state index is 4.82. The van der Waals surface area contributed by atoms with Gasteiger partial charge in [-0.25, -0.2) is 9.97 Å². The van der Waals surface area contributed by atoms with Gasteiger partial charge in [-0.1, -0.05) is 18.2 Å². The molecule has 2 aromatic heterocycles. The highest BCUT2D eigenvalue weighted by molar-refractivity contribution is 5.82. The number of piperazine rings is 1. The molecule has 1 unspecified atom stereocenters. The molecule has 0 saturated carbocycles. The van der Waals surface area contributed by atoms with Crippen molar-refractivity contribution in [2.75, 3.05) is 37.7 Å². The maximum absolute atomic E-state index is 4.82. The van der Waals surface area contributed by atoms with Gasteiger partial charge in [0.25, 0.3) is 0 Å². The number of nitrogens with zero attached hydrogens (tertiary/aromatic N) is 5. The summed E-state index contributed by atoms with van der Waals surface area (Å²) in [7, 11) is 0. The normalized spacial score (nSPS) is 20.8. The summed E-state index contributed by atoms with van der Waals surface area (Å²) < 4.78 is 0. The summed E-state index contributed by atoms with van der Waals surface area (Å²) in [4.78, 5) is 18.7. The summed E-state index contributed by atoms with van der Waals surface area (Å²) in [5.41, 5.74) is 2.96. The number of anilines is 1. The Kier molecular flexibility index (Phi) is 3.57. The van der Waals surface area contributed by atoms with Gasteiger partial charge in [0.1, 0.15) is 0 Å². The minimum absolute atomic E-state index is 0.559. The highest BCUT2D eigenvalue weighted by Gasteiger charge is 2.31. The highest BCUT2D eigenvalue weighted by Crippen LogP contribution is 2.23. The van der Waals surface area contributed by atoms with E-state index < -0.39 is 0 Å². The first-order chi connectivity index (χ1) is 12.4. The van der Waals surface area contributed by atoms with E-state index in [0.717, 1.165) is 61.0 Å². The number of fused-ring (bicyclic) bond motifs is 2. The van der Waals surface area contributed by atoms with Crippen LogP contribution < -0.4 is 10.2 Å². The van der Waals surface area contributed by atoms with Crippen molar-refractivity contribution in [1.82, 2.24) is 25.2 Å².